The molecule has 32 heavy (non-hydrogen) atoms. The number of nitrogens with one attached hydrogen (secondary N) is 1. The average molecular weight is 432 g/mol. The summed E-state index contributed by atoms with van der Waals surface area (Å²) in [4.78, 5) is 12.2. The van der Waals surface area contributed by atoms with Gasteiger partial charge in [-0.3, -0.25) is 4.79 Å². The lowest BCUT2D eigenvalue weighted by atomic mass is 10.1. The van der Waals surface area contributed by atoms with Gasteiger partial charge in [-0.1, -0.05) is 72.8 Å². The highest BCUT2D eigenvalue weighted by molar-refractivity contribution is 5.77. The molecule has 0 saturated heterocycles. The number of ether oxygens (including phenoxy) is 3. The van der Waals surface area contributed by atoms with E-state index in [0.29, 0.717) is 31.3 Å². The monoisotopic (exact) mass is 431 g/mol. The number of rotatable bonds is 11. The van der Waals surface area contributed by atoms with Crippen molar-refractivity contribution in [3.05, 3.63) is 101 Å². The number of methoxy groups -OCH3 is 1. The standard InChI is InChI=1S/C27H29NO4/c1-3-7-21-14-15-25(26(16-21)30-2)32-20-27(29)28-17-22-10-12-24(13-11-22)19-31-18-23-8-5-4-6-9-23/h3-16H,17-20H2,1-2H3,(H,28,29)/b7-3+. The smallest absolute Gasteiger partial charge is 0.258 e. The Kier molecular flexibility index (Phi) is 8.90. The molecule has 0 aromatic heterocycles. The van der Waals surface area contributed by atoms with E-state index in [1.807, 2.05) is 85.8 Å². The van der Waals surface area contributed by atoms with Crippen LogP contribution in [0.4, 0.5) is 0 Å². The van der Waals surface area contributed by atoms with Crippen LogP contribution in [0.2, 0.25) is 0 Å². The van der Waals surface area contributed by atoms with Gasteiger partial charge >= 0.3 is 0 Å². The molecule has 1 amide bonds. The van der Waals surface area contributed by atoms with Gasteiger partial charge in [-0.2, -0.15) is 0 Å². The molecule has 5 heteroatoms. The van der Waals surface area contributed by atoms with Crippen LogP contribution in [0.1, 0.15) is 29.2 Å². The van der Waals surface area contributed by atoms with Crippen molar-refractivity contribution in [1.82, 2.24) is 5.32 Å². The maximum Gasteiger partial charge on any atom is 0.258 e. The lowest BCUT2D eigenvalue weighted by molar-refractivity contribution is -0.123. The topological polar surface area (TPSA) is 56.8 Å². The summed E-state index contributed by atoms with van der Waals surface area (Å²) in [6.07, 6.45) is 3.92. The molecule has 166 valence electrons. The van der Waals surface area contributed by atoms with Gasteiger partial charge in [0.25, 0.3) is 5.91 Å². The van der Waals surface area contributed by atoms with Crippen molar-refractivity contribution in [2.45, 2.75) is 26.7 Å². The Bertz CT molecular complexity index is 1010. The van der Waals surface area contributed by atoms with Gasteiger partial charge in [-0.05, 0) is 41.3 Å². The van der Waals surface area contributed by atoms with E-state index in [-0.39, 0.29) is 12.5 Å². The van der Waals surface area contributed by atoms with Crippen LogP contribution in [0, 0.1) is 0 Å². The maximum atomic E-state index is 12.2. The number of hydrogen-bond donors (Lipinski definition) is 1. The van der Waals surface area contributed by atoms with Crippen LogP contribution >= 0.6 is 0 Å². The highest BCUT2D eigenvalue weighted by atomic mass is 16.5. The van der Waals surface area contributed by atoms with Gasteiger partial charge in [0.1, 0.15) is 0 Å². The molecule has 0 heterocycles. The first-order chi connectivity index (χ1) is 15.7. The highest BCUT2D eigenvalue weighted by Gasteiger charge is 2.08. The summed E-state index contributed by atoms with van der Waals surface area (Å²) < 4.78 is 16.7. The van der Waals surface area contributed by atoms with Gasteiger partial charge < -0.3 is 19.5 Å². The van der Waals surface area contributed by atoms with Crippen LogP contribution in [-0.2, 0) is 29.3 Å². The van der Waals surface area contributed by atoms with E-state index in [4.69, 9.17) is 14.2 Å². The SMILES string of the molecule is C/C=C/c1ccc(OCC(=O)NCc2ccc(COCc3ccccc3)cc2)c(OC)c1. The summed E-state index contributed by atoms with van der Waals surface area (Å²) in [6, 6.07) is 23.7. The van der Waals surface area contributed by atoms with E-state index in [1.165, 1.54) is 0 Å². The Morgan fingerprint density at radius 3 is 2.25 bits per heavy atom. The molecule has 0 radical (unpaired) electrons. The van der Waals surface area contributed by atoms with Crippen molar-refractivity contribution in [1.29, 1.82) is 0 Å². The Balaban J connectivity index is 1.41. The van der Waals surface area contributed by atoms with Crippen LogP contribution in [-0.4, -0.2) is 19.6 Å². The van der Waals surface area contributed by atoms with E-state index < -0.39 is 0 Å². The van der Waals surface area contributed by atoms with Crippen molar-refractivity contribution < 1.29 is 19.0 Å². The van der Waals surface area contributed by atoms with Crippen LogP contribution in [0.25, 0.3) is 6.08 Å². The number of allylic oxidation sites excluding steroid dienone is 1. The molecule has 3 aromatic carbocycles. The fraction of sp³-hybridized carbons (Fsp3) is 0.222. The Hall–Kier alpha value is -3.57. The first-order valence-electron chi connectivity index (χ1n) is 10.6. The van der Waals surface area contributed by atoms with Crippen LogP contribution < -0.4 is 14.8 Å². The third-order valence-corrected chi connectivity index (χ3v) is 4.80. The molecule has 0 bridgehead atoms. The van der Waals surface area contributed by atoms with E-state index >= 15 is 0 Å². The maximum absolute atomic E-state index is 12.2. The fourth-order valence-electron chi connectivity index (χ4n) is 3.11. The molecule has 0 aliphatic carbocycles. The first-order valence-corrected chi connectivity index (χ1v) is 10.6. The molecule has 0 spiro atoms. The van der Waals surface area contributed by atoms with Crippen LogP contribution in [0.3, 0.4) is 0 Å². The summed E-state index contributed by atoms with van der Waals surface area (Å²) in [5.74, 6) is 0.939. The molecule has 3 aromatic rings. The summed E-state index contributed by atoms with van der Waals surface area (Å²) in [5.41, 5.74) is 4.27. The normalized spacial score (nSPS) is 10.8. The van der Waals surface area contributed by atoms with E-state index in [0.717, 1.165) is 22.3 Å². The second-order valence-electron chi connectivity index (χ2n) is 7.27. The summed E-state index contributed by atoms with van der Waals surface area (Å²) in [5, 5.41) is 2.88. The molecule has 0 fully saturated rings. The minimum Gasteiger partial charge on any atom is -0.493 e. The second kappa shape index (κ2) is 12.3. The molecule has 3 rings (SSSR count). The largest absolute Gasteiger partial charge is 0.493 e. The summed E-state index contributed by atoms with van der Waals surface area (Å²) in [6.45, 7) is 3.44. The zero-order chi connectivity index (χ0) is 22.6. The molecular weight excluding hydrogens is 402 g/mol. The van der Waals surface area contributed by atoms with E-state index in [1.54, 1.807) is 13.2 Å². The van der Waals surface area contributed by atoms with Crippen molar-refractivity contribution >= 4 is 12.0 Å². The second-order valence-corrected chi connectivity index (χ2v) is 7.27. The lowest BCUT2D eigenvalue weighted by Crippen LogP contribution is -2.28. The van der Waals surface area contributed by atoms with Crippen LogP contribution in [0.5, 0.6) is 11.5 Å². The van der Waals surface area contributed by atoms with E-state index in [9.17, 15) is 4.79 Å². The third kappa shape index (κ3) is 7.29. The Morgan fingerprint density at radius 2 is 1.56 bits per heavy atom. The van der Waals surface area contributed by atoms with Gasteiger partial charge in [-0.15, -0.1) is 0 Å². The van der Waals surface area contributed by atoms with Crippen molar-refractivity contribution in [3.63, 3.8) is 0 Å². The number of benzene rings is 3. The molecular formula is C27H29NO4. The lowest BCUT2D eigenvalue weighted by Gasteiger charge is -2.12. The number of hydrogen-bond acceptors (Lipinski definition) is 4. The zero-order valence-corrected chi connectivity index (χ0v) is 18.5. The molecule has 0 aliphatic heterocycles. The molecule has 0 aliphatic rings. The number of carbonyl (C=O) groups excluding carboxylic acids is 1. The van der Waals surface area contributed by atoms with E-state index in [2.05, 4.69) is 5.32 Å². The third-order valence-electron chi connectivity index (χ3n) is 4.80. The van der Waals surface area contributed by atoms with Crippen LogP contribution in [0.15, 0.2) is 78.9 Å². The van der Waals surface area contributed by atoms with Gasteiger partial charge in [0.05, 0.1) is 20.3 Å². The van der Waals surface area contributed by atoms with Gasteiger partial charge in [0, 0.05) is 6.54 Å². The minimum absolute atomic E-state index is 0.0786. The highest BCUT2D eigenvalue weighted by Crippen LogP contribution is 2.28. The van der Waals surface area contributed by atoms with Crippen molar-refractivity contribution in [2.75, 3.05) is 13.7 Å². The summed E-state index contributed by atoms with van der Waals surface area (Å²) >= 11 is 0. The Labute approximate surface area is 189 Å². The van der Waals surface area contributed by atoms with Gasteiger partial charge in [0.2, 0.25) is 0 Å². The molecule has 5 nitrogen and oxygen atoms in total. The van der Waals surface area contributed by atoms with Crippen molar-refractivity contribution in [3.8, 4) is 11.5 Å². The zero-order valence-electron chi connectivity index (χ0n) is 18.5. The number of carbonyl (C=O) groups is 1. The van der Waals surface area contributed by atoms with Gasteiger partial charge in [-0.25, -0.2) is 0 Å². The van der Waals surface area contributed by atoms with Crippen molar-refractivity contribution in [2.24, 2.45) is 0 Å². The average Bonchev–Trinajstić information content (AvgIpc) is 2.83. The quantitative estimate of drug-likeness (QED) is 0.457. The number of amides is 1. The first kappa shape index (κ1) is 23.1. The predicted octanol–water partition coefficient (Wildman–Crippen LogP) is 5.14. The molecule has 1 N–H and O–H groups in total. The molecule has 0 saturated carbocycles. The molecule has 0 atom stereocenters. The summed E-state index contributed by atoms with van der Waals surface area (Å²) in [7, 11) is 1.58. The fourth-order valence-corrected chi connectivity index (χ4v) is 3.11. The molecule has 0 unspecified atom stereocenters. The predicted molar refractivity (Wildman–Crippen MR) is 126 cm³/mol. The van der Waals surface area contributed by atoms with Gasteiger partial charge in [0.15, 0.2) is 18.1 Å². The minimum atomic E-state index is -0.195. The Morgan fingerprint density at radius 1 is 0.875 bits per heavy atom.